The smallest absolute Gasteiger partial charge is 0.231 e. The molecule has 2 aliphatic heterocycles. The Morgan fingerprint density at radius 3 is 3.00 bits per heavy atom. The number of carbonyl (C=O) groups is 2. The van der Waals surface area contributed by atoms with Gasteiger partial charge in [-0.05, 0) is 24.1 Å². The van der Waals surface area contributed by atoms with Gasteiger partial charge < -0.3 is 14.5 Å². The molecule has 0 unspecified atom stereocenters. The average Bonchev–Trinajstić information content (AvgIpc) is 3.07. The molecular weight excluding hydrogens is 318 g/mol. The fourth-order valence-electron chi connectivity index (χ4n) is 3.35. The number of carbonyl (C=O) groups excluding carboxylic acids is 2. The Morgan fingerprint density at radius 1 is 1.24 bits per heavy atom. The lowest BCUT2D eigenvalue weighted by molar-refractivity contribution is -0.118. The molecule has 2 amide bonds. The van der Waals surface area contributed by atoms with E-state index in [0.717, 1.165) is 24.2 Å². The maximum absolute atomic E-state index is 12.8. The maximum Gasteiger partial charge on any atom is 0.231 e. The number of benzene rings is 1. The van der Waals surface area contributed by atoms with Crippen LogP contribution < -0.4 is 14.5 Å². The third-order valence-corrected chi connectivity index (χ3v) is 4.58. The third-order valence-electron chi connectivity index (χ3n) is 4.58. The topological polar surface area (TPSA) is 62.7 Å². The number of hydrogen-bond donors (Lipinski definition) is 0. The molecular formula is C19H19N3O3. The van der Waals surface area contributed by atoms with Crippen molar-refractivity contribution in [3.8, 4) is 5.75 Å². The largest absolute Gasteiger partial charge is 0.489 e. The molecule has 25 heavy (non-hydrogen) atoms. The number of hydrogen-bond acceptors (Lipinski definition) is 4. The number of nitrogens with zero attached hydrogens (tertiary/aromatic N) is 3. The monoisotopic (exact) mass is 337 g/mol. The van der Waals surface area contributed by atoms with Crippen LogP contribution in [0.2, 0.25) is 0 Å². The van der Waals surface area contributed by atoms with E-state index in [1.807, 2.05) is 24.3 Å². The molecule has 0 N–H and O–H groups in total. The van der Waals surface area contributed by atoms with Gasteiger partial charge in [0.2, 0.25) is 11.8 Å². The summed E-state index contributed by atoms with van der Waals surface area (Å²) in [6.07, 6.45) is 5.08. The molecule has 6 heteroatoms. The normalized spacial score (nSPS) is 16.6. The predicted octanol–water partition coefficient (Wildman–Crippen LogP) is 2.18. The van der Waals surface area contributed by atoms with Crippen molar-refractivity contribution in [2.75, 3.05) is 29.5 Å². The van der Waals surface area contributed by atoms with Crippen LogP contribution in [0.25, 0.3) is 0 Å². The first-order valence-electron chi connectivity index (χ1n) is 8.49. The van der Waals surface area contributed by atoms with Crippen molar-refractivity contribution in [2.45, 2.75) is 19.3 Å². The van der Waals surface area contributed by atoms with Crippen molar-refractivity contribution in [3.63, 3.8) is 0 Å². The average molecular weight is 337 g/mol. The van der Waals surface area contributed by atoms with Crippen LogP contribution in [0.3, 0.4) is 0 Å². The van der Waals surface area contributed by atoms with Gasteiger partial charge in [-0.3, -0.25) is 14.6 Å². The Hall–Kier alpha value is -2.89. The summed E-state index contributed by atoms with van der Waals surface area (Å²) in [5.74, 6) is 0.838. The number of amides is 2. The van der Waals surface area contributed by atoms with E-state index in [0.29, 0.717) is 31.0 Å². The Bertz CT molecular complexity index is 821. The highest BCUT2D eigenvalue weighted by molar-refractivity contribution is 5.97. The second kappa shape index (κ2) is 6.55. The van der Waals surface area contributed by atoms with Gasteiger partial charge >= 0.3 is 0 Å². The Kier molecular flexibility index (Phi) is 4.09. The van der Waals surface area contributed by atoms with E-state index in [1.165, 1.54) is 0 Å². The first-order chi connectivity index (χ1) is 12.2. The van der Waals surface area contributed by atoms with Crippen LogP contribution in [-0.4, -0.2) is 36.5 Å². The standard InChI is InChI=1S/C19H19N3O3/c23-18-5-2-8-21(18)15-4-1-3-14(11-15)12-19(24)22-9-10-25-17-6-7-20-13-16(17)22/h1,3-4,6-7,11,13H,2,5,8-10,12H2. The number of rotatable bonds is 3. The molecule has 0 radical (unpaired) electrons. The minimum atomic E-state index is 0.00227. The number of pyridine rings is 1. The van der Waals surface area contributed by atoms with Gasteiger partial charge in [0.15, 0.2) is 0 Å². The van der Waals surface area contributed by atoms with Crippen LogP contribution >= 0.6 is 0 Å². The van der Waals surface area contributed by atoms with E-state index < -0.39 is 0 Å². The summed E-state index contributed by atoms with van der Waals surface area (Å²) in [6.45, 7) is 1.74. The zero-order valence-corrected chi connectivity index (χ0v) is 13.9. The fourth-order valence-corrected chi connectivity index (χ4v) is 3.35. The van der Waals surface area contributed by atoms with Gasteiger partial charge in [-0.2, -0.15) is 0 Å². The third kappa shape index (κ3) is 3.07. The van der Waals surface area contributed by atoms with Crippen molar-refractivity contribution < 1.29 is 14.3 Å². The molecule has 1 aromatic heterocycles. The van der Waals surface area contributed by atoms with E-state index in [4.69, 9.17) is 4.74 Å². The van der Waals surface area contributed by atoms with Crippen molar-refractivity contribution in [1.29, 1.82) is 0 Å². The molecule has 1 saturated heterocycles. The Labute approximate surface area is 146 Å². The van der Waals surface area contributed by atoms with Gasteiger partial charge in [0, 0.05) is 30.9 Å². The molecule has 128 valence electrons. The number of anilines is 2. The molecule has 6 nitrogen and oxygen atoms in total. The van der Waals surface area contributed by atoms with Crippen molar-refractivity contribution >= 4 is 23.2 Å². The van der Waals surface area contributed by atoms with Gasteiger partial charge in [0.05, 0.1) is 19.2 Å². The molecule has 2 aromatic rings. The summed E-state index contributed by atoms with van der Waals surface area (Å²) in [7, 11) is 0. The summed E-state index contributed by atoms with van der Waals surface area (Å²) in [5.41, 5.74) is 2.49. The molecule has 1 aromatic carbocycles. The molecule has 0 atom stereocenters. The van der Waals surface area contributed by atoms with E-state index >= 15 is 0 Å². The SMILES string of the molecule is O=C1CCCN1c1cccc(CC(=O)N2CCOc3ccncc32)c1. The maximum atomic E-state index is 12.8. The number of aromatic nitrogens is 1. The zero-order chi connectivity index (χ0) is 17.2. The summed E-state index contributed by atoms with van der Waals surface area (Å²) < 4.78 is 5.57. The second-order valence-electron chi connectivity index (χ2n) is 6.23. The van der Waals surface area contributed by atoms with Gasteiger partial charge in [-0.15, -0.1) is 0 Å². The lowest BCUT2D eigenvalue weighted by Gasteiger charge is -2.29. The van der Waals surface area contributed by atoms with E-state index in [1.54, 1.807) is 28.3 Å². The molecule has 2 aliphatic rings. The first-order valence-corrected chi connectivity index (χ1v) is 8.49. The number of fused-ring (bicyclic) bond motifs is 1. The zero-order valence-electron chi connectivity index (χ0n) is 13.9. The molecule has 0 saturated carbocycles. The van der Waals surface area contributed by atoms with Crippen LogP contribution in [0.5, 0.6) is 5.75 Å². The lowest BCUT2D eigenvalue weighted by atomic mass is 10.1. The first kappa shape index (κ1) is 15.6. The molecule has 0 aliphatic carbocycles. The predicted molar refractivity (Wildman–Crippen MR) is 93.8 cm³/mol. The minimum Gasteiger partial charge on any atom is -0.489 e. The molecule has 1 fully saturated rings. The molecule has 0 bridgehead atoms. The van der Waals surface area contributed by atoms with E-state index in [9.17, 15) is 9.59 Å². The number of ether oxygens (including phenoxy) is 1. The van der Waals surface area contributed by atoms with Crippen LogP contribution in [-0.2, 0) is 16.0 Å². The van der Waals surface area contributed by atoms with Crippen LogP contribution in [0.4, 0.5) is 11.4 Å². The van der Waals surface area contributed by atoms with Crippen molar-refractivity contribution in [2.24, 2.45) is 0 Å². The van der Waals surface area contributed by atoms with Gasteiger partial charge in [0.1, 0.15) is 18.0 Å². The summed E-state index contributed by atoms with van der Waals surface area (Å²) in [6, 6.07) is 9.45. The lowest BCUT2D eigenvalue weighted by Crippen LogP contribution is -2.39. The Morgan fingerprint density at radius 2 is 2.16 bits per heavy atom. The van der Waals surface area contributed by atoms with Gasteiger partial charge in [-0.25, -0.2) is 0 Å². The molecule has 0 spiro atoms. The highest BCUT2D eigenvalue weighted by Gasteiger charge is 2.25. The van der Waals surface area contributed by atoms with E-state index in [-0.39, 0.29) is 18.2 Å². The Balaban J connectivity index is 1.53. The minimum absolute atomic E-state index is 0.00227. The van der Waals surface area contributed by atoms with Crippen LogP contribution in [0.1, 0.15) is 18.4 Å². The van der Waals surface area contributed by atoms with Crippen molar-refractivity contribution in [1.82, 2.24) is 4.98 Å². The van der Waals surface area contributed by atoms with Gasteiger partial charge in [-0.1, -0.05) is 12.1 Å². The molecule has 4 rings (SSSR count). The second-order valence-corrected chi connectivity index (χ2v) is 6.23. The van der Waals surface area contributed by atoms with Gasteiger partial charge in [0.25, 0.3) is 0 Å². The quantitative estimate of drug-likeness (QED) is 0.861. The highest BCUT2D eigenvalue weighted by atomic mass is 16.5. The molecule has 3 heterocycles. The van der Waals surface area contributed by atoms with Crippen molar-refractivity contribution in [3.05, 3.63) is 48.3 Å². The fraction of sp³-hybridized carbons (Fsp3) is 0.316. The highest BCUT2D eigenvalue weighted by Crippen LogP contribution is 2.30. The van der Waals surface area contributed by atoms with E-state index in [2.05, 4.69) is 4.98 Å². The van der Waals surface area contributed by atoms with Crippen LogP contribution in [0.15, 0.2) is 42.7 Å². The summed E-state index contributed by atoms with van der Waals surface area (Å²) >= 11 is 0. The van der Waals surface area contributed by atoms with Crippen LogP contribution in [0, 0.1) is 0 Å². The summed E-state index contributed by atoms with van der Waals surface area (Å²) in [5, 5.41) is 0. The summed E-state index contributed by atoms with van der Waals surface area (Å²) in [4.78, 5) is 32.3.